The van der Waals surface area contributed by atoms with E-state index in [2.05, 4.69) is 11.1 Å². The first-order valence-corrected chi connectivity index (χ1v) is 8.88. The van der Waals surface area contributed by atoms with Gasteiger partial charge in [0, 0.05) is 5.56 Å². The van der Waals surface area contributed by atoms with Crippen molar-refractivity contribution >= 4 is 17.3 Å². The van der Waals surface area contributed by atoms with Crippen LogP contribution in [0.4, 0.5) is 0 Å². The van der Waals surface area contributed by atoms with Crippen molar-refractivity contribution in [3.8, 4) is 22.1 Å². The Hall–Kier alpha value is -2.66. The van der Waals surface area contributed by atoms with E-state index in [0.717, 1.165) is 28.2 Å². The maximum absolute atomic E-state index is 11.3. The molecule has 1 aromatic heterocycles. The number of aromatic carboxylic acids is 1. The average Bonchev–Trinajstić information content (AvgIpc) is 3.03. The topological polar surface area (TPSA) is 59.4 Å². The number of nitrogens with zero attached hydrogens (tertiary/aromatic N) is 1. The standard InChI is InChI=1S/C20H19NO3S/c1-4-16-18(20(22)23)25-19(21-16)14-7-9-15(10-8-14)24-17-11-12(2)5-6-13(17)3/h5-11H,4H2,1-3H3,(H,22,23). The number of carboxylic acid groups (broad SMARTS) is 1. The molecule has 0 spiro atoms. The molecule has 0 saturated carbocycles. The van der Waals surface area contributed by atoms with Gasteiger partial charge in [0.05, 0.1) is 5.69 Å². The molecule has 1 N–H and O–H groups in total. The maximum atomic E-state index is 11.3. The average molecular weight is 353 g/mol. The molecule has 0 aliphatic carbocycles. The number of hydrogen-bond acceptors (Lipinski definition) is 4. The lowest BCUT2D eigenvalue weighted by Crippen LogP contribution is -1.97. The maximum Gasteiger partial charge on any atom is 0.347 e. The Bertz CT molecular complexity index is 913. The zero-order chi connectivity index (χ0) is 18.0. The van der Waals surface area contributed by atoms with Crippen molar-refractivity contribution in [2.24, 2.45) is 0 Å². The summed E-state index contributed by atoms with van der Waals surface area (Å²) < 4.78 is 5.96. The van der Waals surface area contributed by atoms with Crippen LogP contribution in [-0.2, 0) is 6.42 Å². The fourth-order valence-corrected chi connectivity index (χ4v) is 3.49. The number of benzene rings is 2. The number of hydrogen-bond donors (Lipinski definition) is 1. The Morgan fingerprint density at radius 2 is 1.88 bits per heavy atom. The zero-order valence-electron chi connectivity index (χ0n) is 14.4. The van der Waals surface area contributed by atoms with Crippen LogP contribution in [0, 0.1) is 13.8 Å². The van der Waals surface area contributed by atoms with E-state index in [1.165, 1.54) is 11.3 Å². The highest BCUT2D eigenvalue weighted by Gasteiger charge is 2.16. The highest BCUT2D eigenvalue weighted by Crippen LogP contribution is 2.31. The van der Waals surface area contributed by atoms with Crippen molar-refractivity contribution in [3.05, 3.63) is 64.2 Å². The predicted octanol–water partition coefficient (Wildman–Crippen LogP) is 5.48. The number of aryl methyl sites for hydroxylation is 3. The fraction of sp³-hybridized carbons (Fsp3) is 0.200. The molecule has 1 heterocycles. The molecule has 4 nitrogen and oxygen atoms in total. The SMILES string of the molecule is CCc1nc(-c2ccc(Oc3cc(C)ccc3C)cc2)sc1C(=O)O. The molecule has 0 radical (unpaired) electrons. The van der Waals surface area contributed by atoms with Gasteiger partial charge in [-0.2, -0.15) is 0 Å². The molecule has 0 aliphatic heterocycles. The van der Waals surface area contributed by atoms with Crippen LogP contribution in [0.1, 0.15) is 33.4 Å². The van der Waals surface area contributed by atoms with Crippen molar-refractivity contribution in [2.45, 2.75) is 27.2 Å². The summed E-state index contributed by atoms with van der Waals surface area (Å²) in [6.45, 7) is 5.95. The second-order valence-corrected chi connectivity index (χ2v) is 6.85. The summed E-state index contributed by atoms with van der Waals surface area (Å²) in [6.07, 6.45) is 0.603. The normalized spacial score (nSPS) is 10.7. The van der Waals surface area contributed by atoms with E-state index in [4.69, 9.17) is 4.74 Å². The van der Waals surface area contributed by atoms with Crippen LogP contribution in [0.2, 0.25) is 0 Å². The first-order valence-electron chi connectivity index (χ1n) is 8.06. The summed E-state index contributed by atoms with van der Waals surface area (Å²) in [7, 11) is 0. The molecule has 25 heavy (non-hydrogen) atoms. The number of rotatable bonds is 5. The number of aromatic nitrogens is 1. The van der Waals surface area contributed by atoms with Gasteiger partial charge in [0.2, 0.25) is 0 Å². The van der Waals surface area contributed by atoms with Gasteiger partial charge < -0.3 is 9.84 Å². The lowest BCUT2D eigenvalue weighted by Gasteiger charge is -2.09. The summed E-state index contributed by atoms with van der Waals surface area (Å²) in [5, 5.41) is 9.98. The molecule has 0 aliphatic rings. The number of carboxylic acids is 1. The smallest absolute Gasteiger partial charge is 0.347 e. The van der Waals surface area contributed by atoms with E-state index in [1.54, 1.807) is 0 Å². The molecular weight excluding hydrogens is 334 g/mol. The number of carbonyl (C=O) groups is 1. The van der Waals surface area contributed by atoms with Gasteiger partial charge in [-0.15, -0.1) is 11.3 Å². The zero-order valence-corrected chi connectivity index (χ0v) is 15.2. The van der Waals surface area contributed by atoms with Crippen molar-refractivity contribution in [3.63, 3.8) is 0 Å². The summed E-state index contributed by atoms with van der Waals surface area (Å²) >= 11 is 1.21. The summed E-state index contributed by atoms with van der Waals surface area (Å²) in [5.74, 6) is 0.655. The van der Waals surface area contributed by atoms with Crippen molar-refractivity contribution in [1.82, 2.24) is 4.98 Å². The Kier molecular flexibility index (Phi) is 4.86. The van der Waals surface area contributed by atoms with Gasteiger partial charge >= 0.3 is 5.97 Å². The summed E-state index contributed by atoms with van der Waals surface area (Å²) in [5.41, 5.74) is 3.74. The third-order valence-electron chi connectivity index (χ3n) is 3.90. The van der Waals surface area contributed by atoms with Crippen LogP contribution < -0.4 is 4.74 Å². The van der Waals surface area contributed by atoms with Crippen LogP contribution in [0.3, 0.4) is 0 Å². The van der Waals surface area contributed by atoms with E-state index >= 15 is 0 Å². The molecular formula is C20H19NO3S. The Morgan fingerprint density at radius 1 is 1.16 bits per heavy atom. The molecule has 5 heteroatoms. The summed E-state index contributed by atoms with van der Waals surface area (Å²) in [4.78, 5) is 16.1. The lowest BCUT2D eigenvalue weighted by molar-refractivity contribution is 0.0701. The molecule has 0 atom stereocenters. The molecule has 0 bridgehead atoms. The molecule has 2 aromatic carbocycles. The Labute approximate surface area is 150 Å². The molecule has 0 amide bonds. The van der Waals surface area contributed by atoms with E-state index in [-0.39, 0.29) is 0 Å². The van der Waals surface area contributed by atoms with Gasteiger partial charge in [-0.1, -0.05) is 19.1 Å². The first kappa shape index (κ1) is 17.2. The van der Waals surface area contributed by atoms with E-state index < -0.39 is 5.97 Å². The lowest BCUT2D eigenvalue weighted by atomic mass is 10.1. The van der Waals surface area contributed by atoms with Crippen LogP contribution in [0.5, 0.6) is 11.5 Å². The molecule has 3 rings (SSSR count). The van der Waals surface area contributed by atoms with Gasteiger partial charge in [0.1, 0.15) is 21.4 Å². The minimum atomic E-state index is -0.921. The van der Waals surface area contributed by atoms with Crippen molar-refractivity contribution in [2.75, 3.05) is 0 Å². The molecule has 0 unspecified atom stereocenters. The van der Waals surface area contributed by atoms with Crippen molar-refractivity contribution < 1.29 is 14.6 Å². The van der Waals surface area contributed by atoms with Gasteiger partial charge in [0.15, 0.2) is 0 Å². The highest BCUT2D eigenvalue weighted by atomic mass is 32.1. The first-order chi connectivity index (χ1) is 12.0. The number of ether oxygens (including phenoxy) is 1. The second kappa shape index (κ2) is 7.07. The van der Waals surface area contributed by atoms with E-state index in [1.807, 2.05) is 57.2 Å². The van der Waals surface area contributed by atoms with Crippen LogP contribution in [-0.4, -0.2) is 16.1 Å². The van der Waals surface area contributed by atoms with E-state index in [9.17, 15) is 9.90 Å². The second-order valence-electron chi connectivity index (χ2n) is 5.85. The number of thiazole rings is 1. The van der Waals surface area contributed by atoms with E-state index in [0.29, 0.717) is 22.0 Å². The van der Waals surface area contributed by atoms with Gasteiger partial charge in [-0.25, -0.2) is 9.78 Å². The van der Waals surface area contributed by atoms with Crippen LogP contribution in [0.15, 0.2) is 42.5 Å². The minimum Gasteiger partial charge on any atom is -0.477 e. The molecule has 0 saturated heterocycles. The van der Waals surface area contributed by atoms with Gasteiger partial charge in [0.25, 0.3) is 0 Å². The summed E-state index contributed by atoms with van der Waals surface area (Å²) in [6, 6.07) is 13.7. The monoisotopic (exact) mass is 353 g/mol. The molecule has 3 aromatic rings. The third kappa shape index (κ3) is 3.72. The van der Waals surface area contributed by atoms with Gasteiger partial charge in [-0.05, 0) is 61.7 Å². The Morgan fingerprint density at radius 3 is 2.48 bits per heavy atom. The van der Waals surface area contributed by atoms with Crippen LogP contribution >= 0.6 is 11.3 Å². The minimum absolute atomic E-state index is 0.313. The Balaban J connectivity index is 1.85. The van der Waals surface area contributed by atoms with Crippen molar-refractivity contribution in [1.29, 1.82) is 0 Å². The third-order valence-corrected chi connectivity index (χ3v) is 5.03. The predicted molar refractivity (Wildman–Crippen MR) is 99.9 cm³/mol. The van der Waals surface area contributed by atoms with Crippen LogP contribution in [0.25, 0.3) is 10.6 Å². The largest absolute Gasteiger partial charge is 0.477 e. The molecule has 0 fully saturated rings. The molecule has 128 valence electrons. The highest BCUT2D eigenvalue weighted by molar-refractivity contribution is 7.17. The fourth-order valence-electron chi connectivity index (χ4n) is 2.49. The quantitative estimate of drug-likeness (QED) is 0.660. The van der Waals surface area contributed by atoms with Gasteiger partial charge in [-0.3, -0.25) is 0 Å².